The molecular weight excluding hydrogens is 252 g/mol. The third-order valence-corrected chi connectivity index (χ3v) is 3.86. The Morgan fingerprint density at radius 2 is 1.72 bits per heavy atom. The molecule has 0 bridgehead atoms. The van der Waals surface area contributed by atoms with Gasteiger partial charge in [-0.2, -0.15) is 0 Å². The van der Waals surface area contributed by atoms with Gasteiger partial charge >= 0.3 is 7.12 Å². The van der Waals surface area contributed by atoms with Gasteiger partial charge in [-0.25, -0.2) is 9.97 Å². The van der Waals surface area contributed by atoms with Crippen molar-refractivity contribution in [3.05, 3.63) is 11.5 Å². The normalized spacial score (nSPS) is 21.1. The summed E-state index contributed by atoms with van der Waals surface area (Å²) in [6.07, 6.45) is 1.41. The van der Waals surface area contributed by atoms with Crippen molar-refractivity contribution >= 4 is 30.0 Å². The van der Waals surface area contributed by atoms with Crippen molar-refractivity contribution in [3.8, 4) is 0 Å². The van der Waals surface area contributed by atoms with E-state index < -0.39 is 18.3 Å². The molecule has 98 valence electrons. The van der Waals surface area contributed by atoms with Crippen LogP contribution in [0.2, 0.25) is 5.15 Å². The van der Waals surface area contributed by atoms with Gasteiger partial charge in [0.1, 0.15) is 17.3 Å². The van der Waals surface area contributed by atoms with Gasteiger partial charge in [0, 0.05) is 7.05 Å². The molecule has 1 aromatic rings. The second-order valence-corrected chi connectivity index (χ2v) is 5.62. The van der Waals surface area contributed by atoms with E-state index in [-0.39, 0.29) is 0 Å². The smallest absolute Gasteiger partial charge is 0.399 e. The van der Waals surface area contributed by atoms with Crippen LogP contribution in [-0.2, 0) is 9.31 Å². The van der Waals surface area contributed by atoms with Crippen LogP contribution in [0.5, 0.6) is 0 Å². The summed E-state index contributed by atoms with van der Waals surface area (Å²) in [6.45, 7) is 7.96. The number of hydrogen-bond donors (Lipinski definition) is 1. The average Bonchev–Trinajstić information content (AvgIpc) is 2.47. The highest BCUT2D eigenvalue weighted by molar-refractivity contribution is 6.67. The van der Waals surface area contributed by atoms with E-state index in [1.165, 1.54) is 6.33 Å². The number of nitrogens with one attached hydrogen (secondary N) is 1. The summed E-state index contributed by atoms with van der Waals surface area (Å²) >= 11 is 6.12. The number of halogens is 1. The maximum Gasteiger partial charge on any atom is 0.501 e. The number of nitrogens with zero attached hydrogens (tertiary/aromatic N) is 2. The van der Waals surface area contributed by atoms with Crippen LogP contribution in [-0.4, -0.2) is 35.3 Å². The molecule has 1 N–H and O–H groups in total. The van der Waals surface area contributed by atoms with Gasteiger partial charge in [0.05, 0.1) is 16.7 Å². The zero-order chi connectivity index (χ0) is 13.6. The second-order valence-electron chi connectivity index (χ2n) is 5.27. The summed E-state index contributed by atoms with van der Waals surface area (Å²) in [5.41, 5.74) is -0.190. The highest BCUT2D eigenvalue weighted by Crippen LogP contribution is 2.37. The van der Waals surface area contributed by atoms with Crippen LogP contribution in [0.1, 0.15) is 27.7 Å². The largest absolute Gasteiger partial charge is 0.501 e. The highest BCUT2D eigenvalue weighted by atomic mass is 35.5. The molecule has 0 aromatic carbocycles. The van der Waals surface area contributed by atoms with Crippen LogP contribution < -0.4 is 10.8 Å². The lowest BCUT2D eigenvalue weighted by Crippen LogP contribution is -2.41. The molecule has 1 saturated heterocycles. The van der Waals surface area contributed by atoms with E-state index in [1.54, 1.807) is 7.05 Å². The molecule has 0 amide bonds. The monoisotopic (exact) mass is 269 g/mol. The number of rotatable bonds is 2. The lowest BCUT2D eigenvalue weighted by molar-refractivity contribution is 0.00578. The quantitative estimate of drug-likeness (QED) is 0.651. The fourth-order valence-corrected chi connectivity index (χ4v) is 1.97. The van der Waals surface area contributed by atoms with Crippen molar-refractivity contribution in [1.82, 2.24) is 9.97 Å². The Hall–Kier alpha value is -0.845. The van der Waals surface area contributed by atoms with Crippen molar-refractivity contribution < 1.29 is 9.31 Å². The van der Waals surface area contributed by atoms with E-state index in [0.717, 1.165) is 0 Å². The molecule has 1 fully saturated rings. The van der Waals surface area contributed by atoms with Crippen LogP contribution in [0, 0.1) is 0 Å². The fourth-order valence-electron chi connectivity index (χ4n) is 1.74. The molecule has 2 rings (SSSR count). The Kier molecular flexibility index (Phi) is 3.29. The molecule has 2 heterocycles. The highest BCUT2D eigenvalue weighted by Gasteiger charge is 2.53. The summed E-state index contributed by atoms with van der Waals surface area (Å²) in [5.74, 6) is 0.619. The minimum atomic E-state index is -0.564. The van der Waals surface area contributed by atoms with Gasteiger partial charge in [-0.3, -0.25) is 0 Å². The minimum absolute atomic E-state index is 0.341. The van der Waals surface area contributed by atoms with E-state index in [2.05, 4.69) is 15.3 Å². The summed E-state index contributed by atoms with van der Waals surface area (Å²) in [4.78, 5) is 8.11. The van der Waals surface area contributed by atoms with E-state index in [4.69, 9.17) is 20.9 Å². The number of aromatic nitrogens is 2. The van der Waals surface area contributed by atoms with E-state index in [0.29, 0.717) is 16.4 Å². The third kappa shape index (κ3) is 2.09. The first-order chi connectivity index (χ1) is 8.28. The second kappa shape index (κ2) is 4.37. The van der Waals surface area contributed by atoms with Crippen molar-refractivity contribution in [2.45, 2.75) is 38.9 Å². The van der Waals surface area contributed by atoms with Gasteiger partial charge in [0.25, 0.3) is 0 Å². The zero-order valence-electron chi connectivity index (χ0n) is 11.2. The molecule has 0 saturated carbocycles. The number of hydrogen-bond acceptors (Lipinski definition) is 5. The molecule has 0 aliphatic carbocycles. The lowest BCUT2D eigenvalue weighted by atomic mass is 9.80. The Balaban J connectivity index is 2.41. The molecule has 0 radical (unpaired) electrons. The van der Waals surface area contributed by atoms with Crippen molar-refractivity contribution in [2.75, 3.05) is 12.4 Å². The zero-order valence-corrected chi connectivity index (χ0v) is 12.0. The summed E-state index contributed by atoms with van der Waals surface area (Å²) in [7, 11) is 1.21. The average molecular weight is 270 g/mol. The van der Waals surface area contributed by atoms with Crippen molar-refractivity contribution in [3.63, 3.8) is 0 Å². The molecule has 18 heavy (non-hydrogen) atoms. The van der Waals surface area contributed by atoms with Crippen LogP contribution in [0.25, 0.3) is 0 Å². The fraction of sp³-hybridized carbons (Fsp3) is 0.636. The van der Waals surface area contributed by atoms with Gasteiger partial charge in [0.2, 0.25) is 0 Å². The molecule has 0 atom stereocenters. The molecular formula is C11H17BClN3O2. The standard InChI is InChI=1S/C11H17BClN3O2/c1-10(2)11(3,4)18-12(17-10)7-8(13)15-6-16-9(7)14-5/h6H,1-5H3,(H,14,15,16). The first-order valence-corrected chi connectivity index (χ1v) is 6.20. The summed E-state index contributed by atoms with van der Waals surface area (Å²) in [5, 5.41) is 3.31. The van der Waals surface area contributed by atoms with E-state index in [1.807, 2.05) is 27.7 Å². The summed E-state index contributed by atoms with van der Waals surface area (Å²) in [6, 6.07) is 0. The topological polar surface area (TPSA) is 56.3 Å². The van der Waals surface area contributed by atoms with Gasteiger partial charge in [-0.05, 0) is 27.7 Å². The van der Waals surface area contributed by atoms with E-state index >= 15 is 0 Å². The van der Waals surface area contributed by atoms with Crippen LogP contribution in [0.3, 0.4) is 0 Å². The third-order valence-electron chi connectivity index (χ3n) is 3.56. The maximum atomic E-state index is 6.12. The van der Waals surface area contributed by atoms with E-state index in [9.17, 15) is 0 Å². The Labute approximate surface area is 112 Å². The van der Waals surface area contributed by atoms with Crippen LogP contribution in [0.4, 0.5) is 5.82 Å². The van der Waals surface area contributed by atoms with Crippen LogP contribution >= 0.6 is 11.6 Å². The van der Waals surface area contributed by atoms with Gasteiger partial charge in [0.15, 0.2) is 0 Å². The molecule has 7 heteroatoms. The Morgan fingerprint density at radius 1 is 1.17 bits per heavy atom. The molecule has 0 unspecified atom stereocenters. The molecule has 1 aliphatic heterocycles. The molecule has 1 aromatic heterocycles. The molecule has 5 nitrogen and oxygen atoms in total. The minimum Gasteiger partial charge on any atom is -0.399 e. The SMILES string of the molecule is CNc1ncnc(Cl)c1B1OC(C)(C)C(C)(C)O1. The summed E-state index contributed by atoms with van der Waals surface area (Å²) < 4.78 is 11.9. The van der Waals surface area contributed by atoms with Crippen LogP contribution in [0.15, 0.2) is 6.33 Å². The first-order valence-electron chi connectivity index (χ1n) is 5.82. The van der Waals surface area contributed by atoms with Gasteiger partial charge < -0.3 is 14.6 Å². The van der Waals surface area contributed by atoms with Gasteiger partial charge in [-0.1, -0.05) is 11.6 Å². The van der Waals surface area contributed by atoms with Crippen molar-refractivity contribution in [2.24, 2.45) is 0 Å². The predicted octanol–water partition coefficient (Wildman–Crippen LogP) is 1.47. The predicted molar refractivity (Wildman–Crippen MR) is 72.3 cm³/mol. The first kappa shape index (κ1) is 13.6. The van der Waals surface area contributed by atoms with Crippen molar-refractivity contribution in [1.29, 1.82) is 0 Å². The molecule has 0 spiro atoms. The number of anilines is 1. The Bertz CT molecular complexity index is 452. The van der Waals surface area contributed by atoms with Gasteiger partial charge in [-0.15, -0.1) is 0 Å². The lowest BCUT2D eigenvalue weighted by Gasteiger charge is -2.32. The Morgan fingerprint density at radius 3 is 2.22 bits per heavy atom. The maximum absolute atomic E-state index is 6.12. The molecule has 1 aliphatic rings.